The summed E-state index contributed by atoms with van der Waals surface area (Å²) >= 11 is 0. The average molecular weight is 850 g/mol. The van der Waals surface area contributed by atoms with Crippen LogP contribution in [0.2, 0.25) is 0 Å². The third kappa shape index (κ3) is 12.5. The fourth-order valence-corrected chi connectivity index (χ4v) is 8.21. The highest BCUT2D eigenvalue weighted by Gasteiger charge is 2.41. The molecule has 4 N–H and O–H groups in total. The molecule has 7 atom stereocenters. The summed E-state index contributed by atoms with van der Waals surface area (Å²) in [5, 5.41) is 11.7. The molecule has 0 aromatic heterocycles. The Morgan fingerprint density at radius 2 is 1.11 bits per heavy atom. The van der Waals surface area contributed by atoms with Gasteiger partial charge in [0, 0.05) is 39.9 Å². The van der Waals surface area contributed by atoms with E-state index in [0.29, 0.717) is 19.3 Å². The molecule has 0 radical (unpaired) electrons. The first-order chi connectivity index (χ1) is 29.7. The molecule has 2 heterocycles. The molecule has 5 rings (SSSR count). The summed E-state index contributed by atoms with van der Waals surface area (Å²) in [6, 6.07) is 21.2. The van der Waals surface area contributed by atoms with Crippen LogP contribution in [-0.2, 0) is 52.8 Å². The van der Waals surface area contributed by atoms with E-state index in [4.69, 9.17) is 0 Å². The lowest BCUT2D eigenvalue weighted by atomic mass is 9.95. The minimum Gasteiger partial charge on any atom is -0.343 e. The molecule has 14 nitrogen and oxygen atoms in total. The van der Waals surface area contributed by atoms with Crippen LogP contribution < -0.4 is 21.3 Å². The van der Waals surface area contributed by atoms with Crippen LogP contribution in [0.5, 0.6) is 0 Å². The van der Waals surface area contributed by atoms with Crippen molar-refractivity contribution in [2.75, 3.05) is 27.2 Å². The van der Waals surface area contributed by atoms with Crippen molar-refractivity contribution in [1.29, 1.82) is 0 Å². The van der Waals surface area contributed by atoms with Gasteiger partial charge in [-0.15, -0.1) is 0 Å². The van der Waals surface area contributed by atoms with Gasteiger partial charge >= 0.3 is 0 Å². The Morgan fingerprint density at radius 3 is 1.65 bits per heavy atom. The molecule has 14 heteroatoms. The third-order valence-corrected chi connectivity index (χ3v) is 11.9. The Labute approximate surface area is 365 Å². The van der Waals surface area contributed by atoms with E-state index in [2.05, 4.69) is 21.3 Å². The average Bonchev–Trinajstić information content (AvgIpc) is 3.76. The first-order valence-electron chi connectivity index (χ1n) is 21.8. The Hall–Kier alpha value is -6.05. The van der Waals surface area contributed by atoms with Crippen molar-refractivity contribution in [2.24, 2.45) is 11.8 Å². The molecule has 2 saturated heterocycles. The maximum atomic E-state index is 14.7. The summed E-state index contributed by atoms with van der Waals surface area (Å²) in [5.41, 5.74) is 2.31. The van der Waals surface area contributed by atoms with Crippen LogP contribution in [0.25, 0.3) is 0 Å². The molecule has 7 amide bonds. The zero-order valence-electron chi connectivity index (χ0n) is 36.8. The fraction of sp³-hybridized carbons (Fsp3) is 0.479. The predicted octanol–water partition coefficient (Wildman–Crippen LogP) is 3.04. The number of rotatable bonds is 10. The van der Waals surface area contributed by atoms with Gasteiger partial charge in [-0.1, -0.05) is 125 Å². The number of fused-ring (bicyclic) bond motifs is 1. The van der Waals surface area contributed by atoms with Crippen molar-refractivity contribution in [3.05, 3.63) is 108 Å². The Balaban J connectivity index is 1.58. The zero-order valence-corrected chi connectivity index (χ0v) is 36.8. The normalized spacial score (nSPS) is 24.4. The number of amides is 7. The molecule has 3 aromatic rings. The van der Waals surface area contributed by atoms with Crippen LogP contribution in [0.4, 0.5) is 0 Å². The lowest BCUT2D eigenvalue weighted by molar-refractivity contribution is -0.146. The molecule has 3 aromatic carbocycles. The van der Waals surface area contributed by atoms with Gasteiger partial charge in [0.05, 0.1) is 6.54 Å². The van der Waals surface area contributed by atoms with Gasteiger partial charge in [0.25, 0.3) is 0 Å². The van der Waals surface area contributed by atoms with Gasteiger partial charge in [-0.3, -0.25) is 33.6 Å². The summed E-state index contributed by atoms with van der Waals surface area (Å²) in [6.07, 6.45) is 1.94. The van der Waals surface area contributed by atoms with Crippen molar-refractivity contribution in [1.82, 2.24) is 36.0 Å². The van der Waals surface area contributed by atoms with Crippen LogP contribution in [-0.4, -0.2) is 119 Å². The van der Waals surface area contributed by atoms with Crippen molar-refractivity contribution in [2.45, 2.75) is 109 Å². The van der Waals surface area contributed by atoms with E-state index in [0.717, 1.165) is 16.7 Å². The van der Waals surface area contributed by atoms with Crippen molar-refractivity contribution >= 4 is 41.4 Å². The molecule has 332 valence electrons. The second-order valence-electron chi connectivity index (χ2n) is 17.2. The first-order valence-corrected chi connectivity index (χ1v) is 21.8. The van der Waals surface area contributed by atoms with Crippen molar-refractivity contribution in [3.8, 4) is 0 Å². The zero-order chi connectivity index (χ0) is 44.9. The Morgan fingerprint density at radius 1 is 0.597 bits per heavy atom. The predicted molar refractivity (Wildman–Crippen MR) is 236 cm³/mol. The number of nitrogens with one attached hydrogen (secondary N) is 4. The highest BCUT2D eigenvalue weighted by molar-refractivity contribution is 5.98. The molecule has 2 aliphatic rings. The molecular weight excluding hydrogens is 787 g/mol. The van der Waals surface area contributed by atoms with E-state index in [-0.39, 0.29) is 44.1 Å². The molecule has 62 heavy (non-hydrogen) atoms. The van der Waals surface area contributed by atoms with Gasteiger partial charge < -0.3 is 36.0 Å². The maximum Gasteiger partial charge on any atom is 0.246 e. The summed E-state index contributed by atoms with van der Waals surface area (Å²) < 4.78 is 0. The number of nitrogens with zero attached hydrogens (tertiary/aromatic N) is 3. The Bertz CT molecular complexity index is 2020. The van der Waals surface area contributed by atoms with Gasteiger partial charge in [0.15, 0.2) is 0 Å². The minimum atomic E-state index is -1.13. The highest BCUT2D eigenvalue weighted by Crippen LogP contribution is 2.22. The first kappa shape index (κ1) is 47.0. The summed E-state index contributed by atoms with van der Waals surface area (Å²) in [4.78, 5) is 105. The molecule has 0 bridgehead atoms. The van der Waals surface area contributed by atoms with Gasteiger partial charge in [-0.2, -0.15) is 0 Å². The van der Waals surface area contributed by atoms with Crippen molar-refractivity contribution in [3.63, 3.8) is 0 Å². The summed E-state index contributed by atoms with van der Waals surface area (Å²) in [7, 11) is 2.98. The van der Waals surface area contributed by atoms with Gasteiger partial charge in [0.2, 0.25) is 41.4 Å². The van der Waals surface area contributed by atoms with E-state index in [9.17, 15) is 33.6 Å². The standard InChI is InChI=1S/C48H63N7O7/c1-7-32(4)42-45(59)50-36(26-31(2)3)43(57)51-38(28-34-20-13-9-14-21-34)47(61)55-25-17-24-39(55)48(62)53(5)30-41(56)49-37(27-33-18-11-8-12-19-33)46(60)54(6)40(44(58)52-42)29-35-22-15-10-16-23-35/h8-16,18-23,31-32,36-40,42H,7,17,24-30H2,1-6H3,(H,49,56)(H,50,59)(H,51,57)(H,52,58)/t32-,36-,37-,38+,39-,40-,42-/m0/s1. The van der Waals surface area contributed by atoms with Crippen LogP contribution in [0.15, 0.2) is 91.0 Å². The summed E-state index contributed by atoms with van der Waals surface area (Å²) in [5.74, 6) is -4.25. The topological polar surface area (TPSA) is 177 Å². The quantitative estimate of drug-likeness (QED) is 0.243. The second-order valence-corrected chi connectivity index (χ2v) is 17.2. The molecule has 0 aliphatic carbocycles. The monoisotopic (exact) mass is 849 g/mol. The number of carbonyl (C=O) groups excluding carboxylic acids is 7. The van der Waals surface area contributed by atoms with Crippen LogP contribution in [0.3, 0.4) is 0 Å². The maximum absolute atomic E-state index is 14.7. The fourth-order valence-electron chi connectivity index (χ4n) is 8.21. The largest absolute Gasteiger partial charge is 0.343 e. The number of hydrogen-bond donors (Lipinski definition) is 4. The molecule has 0 saturated carbocycles. The molecular formula is C48H63N7O7. The Kier molecular flexibility index (Phi) is 16.8. The number of hydrogen-bond acceptors (Lipinski definition) is 7. The van der Waals surface area contributed by atoms with E-state index in [1.165, 1.54) is 28.8 Å². The van der Waals surface area contributed by atoms with E-state index < -0.39 is 84.1 Å². The molecule has 0 spiro atoms. The molecule has 0 unspecified atom stereocenters. The van der Waals surface area contributed by atoms with Gasteiger partial charge in [-0.05, 0) is 47.8 Å². The lowest BCUT2D eigenvalue weighted by Crippen LogP contribution is -2.61. The van der Waals surface area contributed by atoms with Crippen LogP contribution in [0.1, 0.15) is 70.1 Å². The van der Waals surface area contributed by atoms with E-state index in [1.54, 1.807) is 0 Å². The number of likely N-dealkylation sites (N-methyl/N-ethyl adjacent to an activating group) is 2. The van der Waals surface area contributed by atoms with E-state index in [1.807, 2.05) is 119 Å². The van der Waals surface area contributed by atoms with Crippen molar-refractivity contribution < 1.29 is 33.6 Å². The van der Waals surface area contributed by atoms with E-state index >= 15 is 0 Å². The second kappa shape index (κ2) is 22.2. The highest BCUT2D eigenvalue weighted by atomic mass is 16.2. The minimum absolute atomic E-state index is 0.0494. The SMILES string of the molecule is CC[C@H](C)[C@@H]1NC(=O)[C@H](Cc2ccccc2)N(C)C(=O)[C@H](Cc2ccccc2)NC(=O)CN(C)C(=O)[C@@H]2CCCN2C(=O)[C@@H](Cc2ccccc2)NC(=O)[C@H](CC(C)C)NC1=O. The number of benzene rings is 3. The molecule has 2 aliphatic heterocycles. The third-order valence-electron chi connectivity index (χ3n) is 11.9. The smallest absolute Gasteiger partial charge is 0.246 e. The van der Waals surface area contributed by atoms with Crippen LogP contribution >= 0.6 is 0 Å². The molecule has 2 fully saturated rings. The van der Waals surface area contributed by atoms with Gasteiger partial charge in [0.1, 0.15) is 36.3 Å². The van der Waals surface area contributed by atoms with Crippen LogP contribution in [0, 0.1) is 11.8 Å². The number of carbonyl (C=O) groups is 7. The summed E-state index contributed by atoms with van der Waals surface area (Å²) in [6.45, 7) is 7.42. The lowest BCUT2D eigenvalue weighted by Gasteiger charge is -2.33. The van der Waals surface area contributed by atoms with Gasteiger partial charge in [-0.25, -0.2) is 0 Å².